The van der Waals surface area contributed by atoms with Crippen molar-refractivity contribution in [3.05, 3.63) is 30.0 Å². The van der Waals surface area contributed by atoms with Crippen LogP contribution in [0.5, 0.6) is 0 Å². The Kier molecular flexibility index (Phi) is 4.49. The third-order valence-corrected chi connectivity index (χ3v) is 5.06. The topological polar surface area (TPSA) is 63.7 Å². The summed E-state index contributed by atoms with van der Waals surface area (Å²) in [5.74, 6) is -0.0169. The number of hydrogen-bond acceptors (Lipinski definition) is 4. The molecule has 1 heterocycles. The van der Waals surface area contributed by atoms with Gasteiger partial charge < -0.3 is 4.74 Å². The monoisotopic (exact) mass is 315 g/mol. The first-order chi connectivity index (χ1) is 11.1. The molecule has 23 heavy (non-hydrogen) atoms. The van der Waals surface area contributed by atoms with E-state index in [1.807, 2.05) is 0 Å². The lowest BCUT2D eigenvalue weighted by molar-refractivity contribution is -0.141. The van der Waals surface area contributed by atoms with Gasteiger partial charge in [-0.3, -0.25) is 14.5 Å². The van der Waals surface area contributed by atoms with E-state index >= 15 is 0 Å². The predicted molar refractivity (Wildman–Crippen MR) is 83.0 cm³/mol. The molecule has 0 aromatic heterocycles. The molecule has 2 amide bonds. The first-order valence-electron chi connectivity index (χ1n) is 8.16. The summed E-state index contributed by atoms with van der Waals surface area (Å²) < 4.78 is 4.46. The minimum absolute atomic E-state index is 0.0259. The summed E-state index contributed by atoms with van der Waals surface area (Å²) in [4.78, 5) is 37.2. The lowest BCUT2D eigenvalue weighted by Crippen LogP contribution is -2.33. The zero-order chi connectivity index (χ0) is 16.4. The van der Waals surface area contributed by atoms with Gasteiger partial charge in [0.05, 0.1) is 25.0 Å². The fourth-order valence-electron chi connectivity index (χ4n) is 3.97. The average molecular weight is 315 g/mol. The molecule has 2 aliphatic carbocycles. The van der Waals surface area contributed by atoms with Gasteiger partial charge >= 0.3 is 5.97 Å². The zero-order valence-electron chi connectivity index (χ0n) is 13.2. The molecule has 4 unspecified atom stereocenters. The molecule has 0 aromatic rings. The minimum atomic E-state index is -0.427. The Balaban J connectivity index is 1.45. The standard InChI is InChI=1S/C18H21NO4/c1-23-14(20)7-5-3-2-4-6-10-19-17(21)15-12-8-9-13(11-12)16(15)18(19)22/h3,7-9,12-13,15-16H,2,4,6,10-11H2,1H3. The maximum Gasteiger partial charge on any atom is 0.338 e. The van der Waals surface area contributed by atoms with Gasteiger partial charge in [0.1, 0.15) is 0 Å². The number of hydrogen-bond donors (Lipinski definition) is 0. The van der Waals surface area contributed by atoms with Gasteiger partial charge in [-0.25, -0.2) is 4.79 Å². The minimum Gasteiger partial charge on any atom is -0.465 e. The lowest BCUT2D eigenvalue weighted by atomic mass is 9.85. The van der Waals surface area contributed by atoms with Gasteiger partial charge in [0, 0.05) is 6.54 Å². The van der Waals surface area contributed by atoms with Crippen molar-refractivity contribution in [1.29, 1.82) is 0 Å². The number of allylic oxidation sites excluding steroid dienone is 2. The fourth-order valence-corrected chi connectivity index (χ4v) is 3.97. The predicted octanol–water partition coefficient (Wildman–Crippen LogP) is 1.85. The SMILES string of the molecule is COC(=O)C=C=CCCCCN1C(=O)C2C3C=CC(C3)C2C1=O. The summed E-state index contributed by atoms with van der Waals surface area (Å²) in [6.07, 6.45) is 10.6. The van der Waals surface area contributed by atoms with Gasteiger partial charge in [-0.1, -0.05) is 12.2 Å². The number of likely N-dealkylation sites (tertiary alicyclic amines) is 1. The van der Waals surface area contributed by atoms with Crippen LogP contribution in [0.4, 0.5) is 0 Å². The van der Waals surface area contributed by atoms with Crippen LogP contribution in [-0.2, 0) is 19.1 Å². The molecule has 3 rings (SSSR count). The molecule has 2 fully saturated rings. The summed E-state index contributed by atoms with van der Waals surface area (Å²) in [7, 11) is 1.32. The smallest absolute Gasteiger partial charge is 0.338 e. The lowest BCUT2D eigenvalue weighted by Gasteiger charge is -2.16. The Hall–Kier alpha value is -2.13. The second-order valence-corrected chi connectivity index (χ2v) is 6.36. The highest BCUT2D eigenvalue weighted by atomic mass is 16.5. The summed E-state index contributed by atoms with van der Waals surface area (Å²) in [5, 5.41) is 0. The van der Waals surface area contributed by atoms with Crippen molar-refractivity contribution in [2.24, 2.45) is 23.7 Å². The maximum absolute atomic E-state index is 12.5. The van der Waals surface area contributed by atoms with E-state index in [9.17, 15) is 14.4 Å². The van der Waals surface area contributed by atoms with Crippen molar-refractivity contribution in [3.63, 3.8) is 0 Å². The van der Waals surface area contributed by atoms with Crippen molar-refractivity contribution in [1.82, 2.24) is 4.90 Å². The maximum atomic E-state index is 12.5. The van der Waals surface area contributed by atoms with E-state index in [-0.39, 0.29) is 35.5 Å². The highest BCUT2D eigenvalue weighted by Crippen LogP contribution is 2.52. The third-order valence-electron chi connectivity index (χ3n) is 5.06. The highest BCUT2D eigenvalue weighted by Gasteiger charge is 2.58. The van der Waals surface area contributed by atoms with Crippen molar-refractivity contribution < 1.29 is 19.1 Å². The molecule has 1 saturated heterocycles. The number of rotatable bonds is 6. The van der Waals surface area contributed by atoms with Crippen LogP contribution in [0, 0.1) is 23.7 Å². The van der Waals surface area contributed by atoms with Crippen LogP contribution in [-0.4, -0.2) is 36.3 Å². The molecular weight excluding hydrogens is 294 g/mol. The molecule has 3 aliphatic rings. The molecule has 5 heteroatoms. The number of unbranched alkanes of at least 4 members (excludes halogenated alkanes) is 2. The molecule has 1 saturated carbocycles. The van der Waals surface area contributed by atoms with Crippen LogP contribution in [0.25, 0.3) is 0 Å². The van der Waals surface area contributed by atoms with Gasteiger partial charge in [-0.2, -0.15) is 0 Å². The Morgan fingerprint density at radius 1 is 1.26 bits per heavy atom. The zero-order valence-corrected chi connectivity index (χ0v) is 13.2. The van der Waals surface area contributed by atoms with Crippen LogP contribution >= 0.6 is 0 Å². The van der Waals surface area contributed by atoms with Crippen molar-refractivity contribution in [2.45, 2.75) is 25.7 Å². The Labute approximate surface area is 135 Å². The first-order valence-corrected chi connectivity index (χ1v) is 8.16. The van der Waals surface area contributed by atoms with Crippen LogP contribution < -0.4 is 0 Å². The molecule has 0 radical (unpaired) electrons. The molecule has 1 aliphatic heterocycles. The van der Waals surface area contributed by atoms with Crippen molar-refractivity contribution >= 4 is 17.8 Å². The molecule has 122 valence electrons. The normalized spacial score (nSPS) is 30.4. The van der Waals surface area contributed by atoms with E-state index in [4.69, 9.17) is 0 Å². The van der Waals surface area contributed by atoms with Crippen LogP contribution in [0.1, 0.15) is 25.7 Å². The number of nitrogens with zero attached hydrogens (tertiary/aromatic N) is 1. The largest absolute Gasteiger partial charge is 0.465 e. The quantitative estimate of drug-likeness (QED) is 0.187. The Morgan fingerprint density at radius 2 is 1.91 bits per heavy atom. The van der Waals surface area contributed by atoms with E-state index in [0.717, 1.165) is 25.7 Å². The molecule has 5 nitrogen and oxygen atoms in total. The third kappa shape index (κ3) is 2.89. The molecule has 2 bridgehead atoms. The van der Waals surface area contributed by atoms with Crippen LogP contribution in [0.2, 0.25) is 0 Å². The number of ether oxygens (including phenoxy) is 1. The molecule has 0 spiro atoms. The molecular formula is C18H21NO4. The van der Waals surface area contributed by atoms with E-state index in [0.29, 0.717) is 6.54 Å². The van der Waals surface area contributed by atoms with Crippen LogP contribution in [0.15, 0.2) is 30.0 Å². The summed E-state index contributed by atoms with van der Waals surface area (Å²) in [6, 6.07) is 0. The van der Waals surface area contributed by atoms with Crippen molar-refractivity contribution in [3.8, 4) is 0 Å². The van der Waals surface area contributed by atoms with E-state index in [2.05, 4.69) is 22.6 Å². The number of imide groups is 1. The van der Waals surface area contributed by atoms with Gasteiger partial charge in [0.2, 0.25) is 11.8 Å². The number of esters is 1. The number of methoxy groups -OCH3 is 1. The molecule has 0 aromatic carbocycles. The van der Waals surface area contributed by atoms with Gasteiger partial charge in [0.25, 0.3) is 0 Å². The van der Waals surface area contributed by atoms with Gasteiger partial charge in [0.15, 0.2) is 0 Å². The summed E-state index contributed by atoms with van der Waals surface area (Å²) >= 11 is 0. The van der Waals surface area contributed by atoms with E-state index < -0.39 is 5.97 Å². The fraction of sp³-hybridized carbons (Fsp3) is 0.556. The molecule has 4 atom stereocenters. The summed E-state index contributed by atoms with van der Waals surface area (Å²) in [6.45, 7) is 0.499. The first kappa shape index (κ1) is 15.8. The van der Waals surface area contributed by atoms with E-state index in [1.54, 1.807) is 6.08 Å². The second kappa shape index (κ2) is 6.55. The van der Waals surface area contributed by atoms with E-state index in [1.165, 1.54) is 18.1 Å². The van der Waals surface area contributed by atoms with Gasteiger partial charge in [-0.15, -0.1) is 5.73 Å². The number of fused-ring (bicyclic) bond motifs is 5. The number of carbonyl (C=O) groups excluding carboxylic acids is 3. The van der Waals surface area contributed by atoms with Gasteiger partial charge in [-0.05, 0) is 43.6 Å². The van der Waals surface area contributed by atoms with Crippen molar-refractivity contribution in [2.75, 3.05) is 13.7 Å². The second-order valence-electron chi connectivity index (χ2n) is 6.36. The summed E-state index contributed by atoms with van der Waals surface area (Å²) in [5.41, 5.74) is 2.75. The number of amides is 2. The number of carbonyl (C=O) groups is 3. The highest BCUT2D eigenvalue weighted by molar-refractivity contribution is 6.06. The van der Waals surface area contributed by atoms with Crippen LogP contribution in [0.3, 0.4) is 0 Å². The average Bonchev–Trinajstić information content (AvgIpc) is 3.22. The molecule has 0 N–H and O–H groups in total. The Bertz CT molecular complexity index is 585. The Morgan fingerprint density at radius 3 is 2.52 bits per heavy atom.